The molecule has 1 fully saturated rings. The van der Waals surface area contributed by atoms with Gasteiger partial charge in [-0.2, -0.15) is 0 Å². The van der Waals surface area contributed by atoms with Crippen molar-refractivity contribution in [3.63, 3.8) is 0 Å². The summed E-state index contributed by atoms with van der Waals surface area (Å²) in [6.45, 7) is 3.41. The maximum absolute atomic E-state index is 13.5. The maximum atomic E-state index is 13.5. The van der Waals surface area contributed by atoms with Gasteiger partial charge in [0.2, 0.25) is 0 Å². The third-order valence-electron chi connectivity index (χ3n) is 5.28. The van der Waals surface area contributed by atoms with Gasteiger partial charge >= 0.3 is 0 Å². The second kappa shape index (κ2) is 7.61. The summed E-state index contributed by atoms with van der Waals surface area (Å²) in [4.78, 5) is 30.2. The van der Waals surface area contributed by atoms with Crippen LogP contribution in [-0.2, 0) is 9.59 Å². The highest BCUT2D eigenvalue weighted by molar-refractivity contribution is 6.46. The summed E-state index contributed by atoms with van der Waals surface area (Å²) in [6.07, 6.45) is 3.16. The van der Waals surface area contributed by atoms with E-state index in [9.17, 15) is 9.59 Å². The number of imide groups is 1. The van der Waals surface area contributed by atoms with Crippen molar-refractivity contribution in [1.29, 1.82) is 0 Å². The number of carbonyl (C=O) groups excluding carboxylic acids is 2. The first-order chi connectivity index (χ1) is 13.5. The number of likely N-dealkylation sites (tertiary alicyclic amines) is 1. The zero-order valence-electron chi connectivity index (χ0n) is 15.5. The zero-order valence-corrected chi connectivity index (χ0v) is 17.1. The van der Waals surface area contributed by atoms with Gasteiger partial charge in [0.1, 0.15) is 5.70 Å². The van der Waals surface area contributed by atoms with E-state index in [0.717, 1.165) is 37.9 Å². The lowest BCUT2D eigenvalue weighted by atomic mass is 10.0. The van der Waals surface area contributed by atoms with Gasteiger partial charge < -0.3 is 4.90 Å². The number of benzene rings is 2. The molecule has 2 aliphatic heterocycles. The van der Waals surface area contributed by atoms with E-state index in [1.165, 1.54) is 4.90 Å². The van der Waals surface area contributed by atoms with Gasteiger partial charge in [-0.05, 0) is 61.6 Å². The van der Waals surface area contributed by atoms with Gasteiger partial charge in [-0.25, -0.2) is 4.90 Å². The number of piperidine rings is 1. The Morgan fingerprint density at radius 2 is 1.46 bits per heavy atom. The van der Waals surface area contributed by atoms with E-state index in [1.807, 2.05) is 17.9 Å². The Bertz CT molecular complexity index is 977. The highest BCUT2D eigenvalue weighted by Gasteiger charge is 2.43. The molecule has 2 aromatic rings. The van der Waals surface area contributed by atoms with E-state index >= 15 is 0 Å². The van der Waals surface area contributed by atoms with Crippen LogP contribution >= 0.6 is 23.2 Å². The monoisotopic (exact) mass is 414 g/mol. The molecule has 0 aliphatic carbocycles. The molecule has 144 valence electrons. The lowest BCUT2D eigenvalue weighted by Crippen LogP contribution is -2.37. The standard InChI is InChI=1S/C22H20Cl2N2O2/c1-14-5-8-17(24)13-18(14)26-21(27)19(15-6-9-16(23)10-7-15)20(22(26)28)25-11-3-2-4-12-25/h5-10,13H,2-4,11-12H2,1H3. The Morgan fingerprint density at radius 1 is 0.821 bits per heavy atom. The molecule has 0 saturated carbocycles. The van der Waals surface area contributed by atoms with E-state index in [0.29, 0.717) is 32.6 Å². The molecule has 0 unspecified atom stereocenters. The summed E-state index contributed by atoms with van der Waals surface area (Å²) >= 11 is 12.2. The molecule has 1 saturated heterocycles. The van der Waals surface area contributed by atoms with Crippen molar-refractivity contribution in [3.8, 4) is 0 Å². The Balaban J connectivity index is 1.85. The summed E-state index contributed by atoms with van der Waals surface area (Å²) in [5, 5.41) is 1.07. The number of aryl methyl sites for hydroxylation is 1. The minimum atomic E-state index is -0.321. The largest absolute Gasteiger partial charge is 0.366 e. The number of anilines is 1. The Labute approximate surface area is 174 Å². The third kappa shape index (κ3) is 3.31. The van der Waals surface area contributed by atoms with E-state index in [4.69, 9.17) is 23.2 Å². The summed E-state index contributed by atoms with van der Waals surface area (Å²) < 4.78 is 0. The van der Waals surface area contributed by atoms with Crippen LogP contribution in [0.15, 0.2) is 48.2 Å². The van der Waals surface area contributed by atoms with Crippen LogP contribution in [0.4, 0.5) is 5.69 Å². The van der Waals surface area contributed by atoms with Crippen molar-refractivity contribution in [2.75, 3.05) is 18.0 Å². The fourth-order valence-corrected chi connectivity index (χ4v) is 4.14. The van der Waals surface area contributed by atoms with E-state index in [1.54, 1.807) is 36.4 Å². The summed E-state index contributed by atoms with van der Waals surface area (Å²) in [7, 11) is 0. The van der Waals surface area contributed by atoms with Crippen molar-refractivity contribution in [2.24, 2.45) is 0 Å². The second-order valence-corrected chi connectivity index (χ2v) is 8.03. The predicted molar refractivity (Wildman–Crippen MR) is 112 cm³/mol. The maximum Gasteiger partial charge on any atom is 0.282 e. The number of nitrogens with zero attached hydrogens (tertiary/aromatic N) is 2. The molecule has 28 heavy (non-hydrogen) atoms. The van der Waals surface area contributed by atoms with Crippen LogP contribution < -0.4 is 4.90 Å². The number of amides is 2. The van der Waals surface area contributed by atoms with Crippen molar-refractivity contribution in [2.45, 2.75) is 26.2 Å². The van der Waals surface area contributed by atoms with Crippen molar-refractivity contribution in [1.82, 2.24) is 4.90 Å². The Hall–Kier alpha value is -2.30. The topological polar surface area (TPSA) is 40.6 Å². The number of carbonyl (C=O) groups is 2. The van der Waals surface area contributed by atoms with Crippen molar-refractivity contribution >= 4 is 46.3 Å². The number of rotatable bonds is 3. The number of hydrogen-bond donors (Lipinski definition) is 0. The minimum Gasteiger partial charge on any atom is -0.366 e. The van der Waals surface area contributed by atoms with Crippen LogP contribution in [0.3, 0.4) is 0 Å². The van der Waals surface area contributed by atoms with Gasteiger partial charge in [-0.1, -0.05) is 41.4 Å². The molecule has 4 rings (SSSR count). The number of hydrogen-bond acceptors (Lipinski definition) is 3. The van der Waals surface area contributed by atoms with Crippen LogP contribution in [0.25, 0.3) is 5.57 Å². The Morgan fingerprint density at radius 3 is 2.14 bits per heavy atom. The molecule has 0 aromatic heterocycles. The molecule has 2 amide bonds. The fourth-order valence-electron chi connectivity index (χ4n) is 3.85. The average Bonchev–Trinajstić information content (AvgIpc) is 2.95. The van der Waals surface area contributed by atoms with E-state index in [2.05, 4.69) is 0 Å². The van der Waals surface area contributed by atoms with Gasteiger partial charge in [0.05, 0.1) is 11.3 Å². The molecule has 2 heterocycles. The second-order valence-electron chi connectivity index (χ2n) is 7.15. The number of halogens is 2. The van der Waals surface area contributed by atoms with Gasteiger partial charge in [-0.3, -0.25) is 9.59 Å². The lowest BCUT2D eigenvalue weighted by molar-refractivity contribution is -0.120. The average molecular weight is 415 g/mol. The lowest BCUT2D eigenvalue weighted by Gasteiger charge is -2.29. The molecule has 2 aliphatic rings. The zero-order chi connectivity index (χ0) is 19.8. The molecule has 0 N–H and O–H groups in total. The predicted octanol–water partition coefficient (Wildman–Crippen LogP) is 5.07. The smallest absolute Gasteiger partial charge is 0.282 e. The van der Waals surface area contributed by atoms with Crippen LogP contribution in [-0.4, -0.2) is 29.8 Å². The summed E-state index contributed by atoms with van der Waals surface area (Å²) in [6, 6.07) is 12.3. The highest BCUT2D eigenvalue weighted by atomic mass is 35.5. The van der Waals surface area contributed by atoms with Crippen LogP contribution in [0.1, 0.15) is 30.4 Å². The normalized spacial score (nSPS) is 17.7. The molecule has 0 spiro atoms. The molecule has 2 aromatic carbocycles. The molecule has 4 nitrogen and oxygen atoms in total. The molecule has 0 bridgehead atoms. The van der Waals surface area contributed by atoms with Crippen LogP contribution in [0, 0.1) is 6.92 Å². The third-order valence-corrected chi connectivity index (χ3v) is 5.76. The summed E-state index contributed by atoms with van der Waals surface area (Å²) in [5.74, 6) is -0.611. The van der Waals surface area contributed by atoms with Crippen molar-refractivity contribution in [3.05, 3.63) is 69.3 Å². The van der Waals surface area contributed by atoms with E-state index in [-0.39, 0.29) is 11.8 Å². The van der Waals surface area contributed by atoms with Gasteiger partial charge in [0.15, 0.2) is 0 Å². The molecular weight excluding hydrogens is 395 g/mol. The molecule has 6 heteroatoms. The first kappa shape index (κ1) is 19.0. The summed E-state index contributed by atoms with van der Waals surface area (Å²) in [5.41, 5.74) is 2.96. The van der Waals surface area contributed by atoms with Crippen LogP contribution in [0.5, 0.6) is 0 Å². The quantitative estimate of drug-likeness (QED) is 0.657. The molecule has 0 radical (unpaired) electrons. The first-order valence-electron chi connectivity index (χ1n) is 9.37. The first-order valence-corrected chi connectivity index (χ1v) is 10.1. The molecular formula is C22H20Cl2N2O2. The van der Waals surface area contributed by atoms with Gasteiger partial charge in [0, 0.05) is 23.1 Å². The highest BCUT2D eigenvalue weighted by Crippen LogP contribution is 2.38. The molecule has 0 atom stereocenters. The SMILES string of the molecule is Cc1ccc(Cl)cc1N1C(=O)C(c2ccc(Cl)cc2)=C(N2CCCCC2)C1=O. The van der Waals surface area contributed by atoms with E-state index < -0.39 is 0 Å². The fraction of sp³-hybridized carbons (Fsp3) is 0.273. The van der Waals surface area contributed by atoms with Crippen molar-refractivity contribution < 1.29 is 9.59 Å². The van der Waals surface area contributed by atoms with Gasteiger partial charge in [-0.15, -0.1) is 0 Å². The minimum absolute atomic E-state index is 0.290. The van der Waals surface area contributed by atoms with Crippen LogP contribution in [0.2, 0.25) is 10.0 Å². The van der Waals surface area contributed by atoms with Gasteiger partial charge in [0.25, 0.3) is 11.8 Å². The Kier molecular flexibility index (Phi) is 5.17.